The van der Waals surface area contributed by atoms with Gasteiger partial charge in [-0.25, -0.2) is 0 Å². The van der Waals surface area contributed by atoms with Gasteiger partial charge in [0, 0.05) is 0 Å². The van der Waals surface area contributed by atoms with Crippen molar-refractivity contribution in [1.29, 1.82) is 0 Å². The van der Waals surface area contributed by atoms with Crippen LogP contribution in [0.15, 0.2) is 0 Å². The van der Waals surface area contributed by atoms with Crippen molar-refractivity contribution < 1.29 is 14.7 Å². The van der Waals surface area contributed by atoms with E-state index in [2.05, 4.69) is 4.84 Å². The minimum absolute atomic E-state index is 0.351. The van der Waals surface area contributed by atoms with Crippen LogP contribution >= 0.6 is 0 Å². The van der Waals surface area contributed by atoms with Crippen molar-refractivity contribution in [2.75, 3.05) is 0 Å². The van der Waals surface area contributed by atoms with Gasteiger partial charge in [0.25, 0.3) is 5.09 Å². The smallest absolute Gasteiger partial charge is 0.295 e. The molecule has 1 aliphatic carbocycles. The molecule has 0 aromatic heterocycles. The van der Waals surface area contributed by atoms with Crippen LogP contribution in [0, 0.1) is 10.1 Å². The molecule has 1 fully saturated rings. The first-order valence-corrected chi connectivity index (χ1v) is 4.20. The number of nitrogens with two attached hydrogens (primary N) is 1. The topological polar surface area (TPSA) is 95.5 Å². The maximum Gasteiger partial charge on any atom is 0.295 e. The van der Waals surface area contributed by atoms with E-state index in [4.69, 9.17) is 5.73 Å². The third kappa shape index (κ3) is 2.07. The molecule has 0 radical (unpaired) electrons. The molecule has 1 aliphatic rings. The van der Waals surface area contributed by atoms with Crippen molar-refractivity contribution in [2.45, 2.75) is 37.7 Å². The van der Waals surface area contributed by atoms with E-state index in [-0.39, 0.29) is 0 Å². The second-order valence-electron chi connectivity index (χ2n) is 3.23. The highest BCUT2D eigenvalue weighted by atomic mass is 17.0. The van der Waals surface area contributed by atoms with Crippen molar-refractivity contribution in [3.05, 3.63) is 10.1 Å². The van der Waals surface area contributed by atoms with Gasteiger partial charge in [0.15, 0.2) is 5.60 Å². The maximum absolute atomic E-state index is 11.0. The minimum atomic E-state index is -1.36. The zero-order chi connectivity index (χ0) is 9.90. The molecular formula is C7H12N2O4. The Labute approximate surface area is 75.1 Å². The Balaban J connectivity index is 2.73. The third-order valence-electron chi connectivity index (χ3n) is 2.36. The second kappa shape index (κ2) is 3.59. The fourth-order valence-electron chi connectivity index (χ4n) is 1.65. The molecule has 0 spiro atoms. The van der Waals surface area contributed by atoms with Crippen molar-refractivity contribution >= 4 is 5.91 Å². The fraction of sp³-hybridized carbons (Fsp3) is 0.857. The van der Waals surface area contributed by atoms with Gasteiger partial charge in [0.1, 0.15) is 0 Å². The Kier molecular flexibility index (Phi) is 2.69. The van der Waals surface area contributed by atoms with Gasteiger partial charge < -0.3 is 5.73 Å². The van der Waals surface area contributed by atoms with Crippen molar-refractivity contribution in [2.24, 2.45) is 5.73 Å². The van der Waals surface area contributed by atoms with E-state index in [0.29, 0.717) is 12.8 Å². The second-order valence-corrected chi connectivity index (χ2v) is 3.23. The lowest BCUT2D eigenvalue weighted by Gasteiger charge is -2.31. The number of nitrogens with zero attached hydrogens (tertiary/aromatic N) is 1. The quantitative estimate of drug-likeness (QED) is 0.511. The highest BCUT2D eigenvalue weighted by molar-refractivity contribution is 5.83. The molecule has 0 saturated heterocycles. The monoisotopic (exact) mass is 188 g/mol. The zero-order valence-electron chi connectivity index (χ0n) is 7.19. The van der Waals surface area contributed by atoms with Gasteiger partial charge in [-0.2, -0.15) is 0 Å². The first-order chi connectivity index (χ1) is 6.07. The van der Waals surface area contributed by atoms with Gasteiger partial charge in [-0.1, -0.05) is 19.3 Å². The third-order valence-corrected chi connectivity index (χ3v) is 2.36. The average molecular weight is 188 g/mol. The van der Waals surface area contributed by atoms with Crippen molar-refractivity contribution in [1.82, 2.24) is 0 Å². The number of hydrogen-bond donors (Lipinski definition) is 1. The largest absolute Gasteiger partial charge is 0.367 e. The van der Waals surface area contributed by atoms with E-state index in [9.17, 15) is 14.9 Å². The molecule has 1 amide bonds. The molecule has 6 heteroatoms. The van der Waals surface area contributed by atoms with Gasteiger partial charge in [-0.05, 0) is 12.8 Å². The van der Waals surface area contributed by atoms with Gasteiger partial charge >= 0.3 is 0 Å². The van der Waals surface area contributed by atoms with Crippen LogP contribution in [0.1, 0.15) is 32.1 Å². The van der Waals surface area contributed by atoms with Gasteiger partial charge in [-0.3, -0.25) is 9.63 Å². The summed E-state index contributed by atoms with van der Waals surface area (Å²) in [4.78, 5) is 25.5. The van der Waals surface area contributed by atoms with Crippen molar-refractivity contribution in [3.8, 4) is 0 Å². The Morgan fingerprint density at radius 3 is 2.31 bits per heavy atom. The summed E-state index contributed by atoms with van der Waals surface area (Å²) in [5.74, 6) is -0.732. The summed E-state index contributed by atoms with van der Waals surface area (Å²) in [5, 5.41) is 9.22. The first-order valence-electron chi connectivity index (χ1n) is 4.20. The molecule has 0 unspecified atom stereocenters. The number of amides is 1. The van der Waals surface area contributed by atoms with Crippen LogP contribution < -0.4 is 5.73 Å². The molecule has 2 N–H and O–H groups in total. The molecule has 0 aromatic carbocycles. The summed E-state index contributed by atoms with van der Waals surface area (Å²) >= 11 is 0. The van der Waals surface area contributed by atoms with Crippen LogP contribution in [0.2, 0.25) is 0 Å². The molecule has 13 heavy (non-hydrogen) atoms. The number of rotatable bonds is 3. The summed E-state index contributed by atoms with van der Waals surface area (Å²) in [6.45, 7) is 0. The Hall–Kier alpha value is -1.33. The zero-order valence-corrected chi connectivity index (χ0v) is 7.19. The van der Waals surface area contributed by atoms with Crippen LogP contribution in [0.5, 0.6) is 0 Å². The lowest BCUT2D eigenvalue weighted by atomic mass is 9.84. The molecule has 1 rings (SSSR count). The summed E-state index contributed by atoms with van der Waals surface area (Å²) in [7, 11) is 0. The first kappa shape index (κ1) is 9.76. The Morgan fingerprint density at radius 2 is 1.92 bits per heavy atom. The van der Waals surface area contributed by atoms with E-state index in [0.717, 1.165) is 19.3 Å². The molecule has 0 atom stereocenters. The van der Waals surface area contributed by atoms with Crippen LogP contribution in [0.4, 0.5) is 0 Å². The van der Waals surface area contributed by atoms with E-state index in [1.54, 1.807) is 0 Å². The summed E-state index contributed by atoms with van der Waals surface area (Å²) in [6, 6.07) is 0. The summed E-state index contributed by atoms with van der Waals surface area (Å²) < 4.78 is 0. The minimum Gasteiger partial charge on any atom is -0.367 e. The van der Waals surface area contributed by atoms with Crippen LogP contribution in [-0.2, 0) is 9.63 Å². The molecule has 74 valence electrons. The normalized spacial score (nSPS) is 20.6. The Bertz CT molecular complexity index is 223. The van der Waals surface area contributed by atoms with Crippen LogP contribution in [0.25, 0.3) is 0 Å². The van der Waals surface area contributed by atoms with E-state index in [1.807, 2.05) is 0 Å². The fourth-order valence-corrected chi connectivity index (χ4v) is 1.65. The average Bonchev–Trinajstić information content (AvgIpc) is 2.04. The lowest BCUT2D eigenvalue weighted by molar-refractivity contribution is -0.777. The predicted octanol–water partition coefficient (Wildman–Crippen LogP) is 0.383. The molecular weight excluding hydrogens is 176 g/mol. The van der Waals surface area contributed by atoms with Gasteiger partial charge in [-0.15, -0.1) is 10.1 Å². The highest BCUT2D eigenvalue weighted by Crippen LogP contribution is 2.31. The molecule has 0 aromatic rings. The number of hydrogen-bond acceptors (Lipinski definition) is 4. The SMILES string of the molecule is NC(=O)C1(O[N+](=O)[O-])CCCCC1. The maximum atomic E-state index is 11.0. The number of carbonyl (C=O) groups excluding carboxylic acids is 1. The molecule has 0 heterocycles. The van der Waals surface area contributed by atoms with Crippen LogP contribution in [-0.4, -0.2) is 16.6 Å². The lowest BCUT2D eigenvalue weighted by Crippen LogP contribution is -2.48. The molecule has 1 saturated carbocycles. The van der Waals surface area contributed by atoms with Crippen molar-refractivity contribution in [3.63, 3.8) is 0 Å². The number of carbonyl (C=O) groups is 1. The summed E-state index contributed by atoms with van der Waals surface area (Å²) in [6.07, 6.45) is 3.16. The van der Waals surface area contributed by atoms with E-state index >= 15 is 0 Å². The molecule has 0 aliphatic heterocycles. The molecule has 6 nitrogen and oxygen atoms in total. The van der Waals surface area contributed by atoms with Gasteiger partial charge in [0.2, 0.25) is 5.91 Å². The highest BCUT2D eigenvalue weighted by Gasteiger charge is 2.41. The standard InChI is InChI=1S/C7H12N2O4/c8-6(10)7(13-9(11)12)4-2-1-3-5-7/h1-5H2,(H2,8,10). The number of primary amides is 1. The van der Waals surface area contributed by atoms with E-state index < -0.39 is 16.6 Å². The predicted molar refractivity (Wildman–Crippen MR) is 43.1 cm³/mol. The summed E-state index contributed by atoms with van der Waals surface area (Å²) in [5.41, 5.74) is 3.72. The van der Waals surface area contributed by atoms with Crippen LogP contribution in [0.3, 0.4) is 0 Å². The van der Waals surface area contributed by atoms with E-state index in [1.165, 1.54) is 0 Å². The molecule has 0 bridgehead atoms. The Morgan fingerprint density at radius 1 is 1.38 bits per heavy atom. The van der Waals surface area contributed by atoms with Gasteiger partial charge in [0.05, 0.1) is 0 Å².